The van der Waals surface area contributed by atoms with Crippen molar-refractivity contribution in [1.29, 1.82) is 0 Å². The van der Waals surface area contributed by atoms with Crippen LogP contribution in [-0.4, -0.2) is 23.7 Å². The molecule has 4 nitrogen and oxygen atoms in total. The lowest BCUT2D eigenvalue weighted by atomic mass is 9.75. The molecule has 0 fully saturated rings. The molecule has 0 aliphatic heterocycles. The number of ether oxygens (including phenoxy) is 1. The van der Waals surface area contributed by atoms with Crippen molar-refractivity contribution >= 4 is 23.5 Å². The van der Waals surface area contributed by atoms with Crippen LogP contribution in [0.4, 0.5) is 0 Å². The van der Waals surface area contributed by atoms with Crippen molar-refractivity contribution in [1.82, 2.24) is 0 Å². The minimum absolute atomic E-state index is 0.0460. The second-order valence-electron chi connectivity index (χ2n) is 5.51. The highest BCUT2D eigenvalue weighted by Crippen LogP contribution is 2.33. The molecule has 5 heteroatoms. The third-order valence-corrected chi connectivity index (χ3v) is 3.46. The first-order valence-electron chi connectivity index (χ1n) is 6.97. The quantitative estimate of drug-likeness (QED) is 0.617. The second kappa shape index (κ2) is 7.46. The lowest BCUT2D eigenvalue weighted by Gasteiger charge is -2.29. The van der Waals surface area contributed by atoms with Crippen molar-refractivity contribution in [2.75, 3.05) is 6.61 Å². The Morgan fingerprint density at radius 3 is 2.52 bits per heavy atom. The van der Waals surface area contributed by atoms with E-state index in [0.29, 0.717) is 10.6 Å². The number of hydrogen-bond donors (Lipinski definition) is 1. The van der Waals surface area contributed by atoms with Crippen LogP contribution >= 0.6 is 11.6 Å². The van der Waals surface area contributed by atoms with E-state index in [4.69, 9.17) is 16.3 Å². The highest BCUT2D eigenvalue weighted by atomic mass is 35.5. The predicted octanol–water partition coefficient (Wildman–Crippen LogP) is 3.56. The smallest absolute Gasteiger partial charge is 0.323 e. The zero-order valence-corrected chi connectivity index (χ0v) is 13.3. The largest absolute Gasteiger partial charge is 0.480 e. The number of rotatable bonds is 7. The molecule has 1 N–H and O–H groups in total. The molecule has 0 radical (unpaired) electrons. The topological polar surface area (TPSA) is 63.6 Å². The van der Waals surface area contributed by atoms with Gasteiger partial charge in [-0.05, 0) is 43.4 Å². The number of halogens is 1. The number of benzene rings is 1. The Hall–Kier alpha value is -1.55. The van der Waals surface area contributed by atoms with E-state index in [1.807, 2.05) is 13.8 Å². The summed E-state index contributed by atoms with van der Waals surface area (Å²) in [7, 11) is 0. The zero-order chi connectivity index (χ0) is 16.0. The maximum absolute atomic E-state index is 12.3. The molecule has 0 amide bonds. The van der Waals surface area contributed by atoms with E-state index < -0.39 is 17.4 Å². The zero-order valence-electron chi connectivity index (χ0n) is 12.6. The van der Waals surface area contributed by atoms with Crippen molar-refractivity contribution in [2.24, 2.45) is 11.3 Å². The summed E-state index contributed by atoms with van der Waals surface area (Å²) in [4.78, 5) is 24.1. The molecule has 1 atom stereocenters. The molecule has 0 heterocycles. The molecule has 0 bridgehead atoms. The third-order valence-electron chi connectivity index (χ3n) is 3.23. The summed E-state index contributed by atoms with van der Waals surface area (Å²) in [6, 6.07) is 6.90. The summed E-state index contributed by atoms with van der Waals surface area (Å²) >= 11 is 5.94. The highest BCUT2D eigenvalue weighted by molar-refractivity contribution is 6.30. The molecule has 116 valence electrons. The molecule has 1 rings (SSSR count). The Labute approximate surface area is 130 Å². The van der Waals surface area contributed by atoms with Crippen molar-refractivity contribution < 1.29 is 19.4 Å². The fourth-order valence-corrected chi connectivity index (χ4v) is 2.65. The molecule has 0 aromatic heterocycles. The fraction of sp³-hybridized carbons (Fsp3) is 0.500. The van der Waals surface area contributed by atoms with Crippen LogP contribution in [0.25, 0.3) is 0 Å². The lowest BCUT2D eigenvalue weighted by Crippen LogP contribution is -2.43. The van der Waals surface area contributed by atoms with Crippen LogP contribution in [0, 0.1) is 11.3 Å². The molecule has 0 saturated heterocycles. The number of carbonyl (C=O) groups is 2. The summed E-state index contributed by atoms with van der Waals surface area (Å²) in [6.45, 7) is 5.59. The van der Waals surface area contributed by atoms with Crippen molar-refractivity contribution in [2.45, 2.75) is 33.6 Å². The first-order chi connectivity index (χ1) is 9.81. The van der Waals surface area contributed by atoms with Gasteiger partial charge in [0.1, 0.15) is 0 Å². The first kappa shape index (κ1) is 17.5. The minimum atomic E-state index is -1.57. The van der Waals surface area contributed by atoms with E-state index >= 15 is 0 Å². The highest BCUT2D eigenvalue weighted by Gasteiger charge is 2.48. The maximum atomic E-state index is 12.3. The fourth-order valence-electron chi connectivity index (χ4n) is 2.44. The van der Waals surface area contributed by atoms with Crippen LogP contribution in [0.5, 0.6) is 0 Å². The molecular formula is C16H21ClO4. The Kier molecular flexibility index (Phi) is 6.21. The average molecular weight is 313 g/mol. The lowest BCUT2D eigenvalue weighted by molar-refractivity contribution is -0.170. The summed E-state index contributed by atoms with van der Waals surface area (Å²) in [5.41, 5.74) is -0.868. The summed E-state index contributed by atoms with van der Waals surface area (Å²) in [5.74, 6) is -1.80. The van der Waals surface area contributed by atoms with E-state index in [1.54, 1.807) is 31.2 Å². The third kappa shape index (κ3) is 4.46. The van der Waals surface area contributed by atoms with E-state index in [1.165, 1.54) is 0 Å². The standard InChI is InChI=1S/C16H21ClO4/c1-4-21-15(20)16(14(18)19,9-11(2)3)10-12-6-5-7-13(17)8-12/h5-8,11H,4,9-10H2,1-3H3,(H,18,19). The van der Waals surface area contributed by atoms with Crippen LogP contribution in [0.3, 0.4) is 0 Å². The van der Waals surface area contributed by atoms with Crippen LogP contribution in [0.2, 0.25) is 5.02 Å². The molecule has 0 aliphatic rings. The Morgan fingerprint density at radius 2 is 2.05 bits per heavy atom. The predicted molar refractivity (Wildman–Crippen MR) is 81.3 cm³/mol. The van der Waals surface area contributed by atoms with Gasteiger partial charge < -0.3 is 9.84 Å². The number of carboxylic acids is 1. The van der Waals surface area contributed by atoms with Gasteiger partial charge in [0.25, 0.3) is 0 Å². The molecule has 1 aromatic rings. The SMILES string of the molecule is CCOC(=O)C(Cc1cccc(Cl)c1)(CC(C)C)C(=O)O. The van der Waals surface area contributed by atoms with E-state index in [-0.39, 0.29) is 25.4 Å². The molecule has 1 aromatic carbocycles. The Balaban J connectivity index is 3.21. The number of esters is 1. The van der Waals surface area contributed by atoms with Gasteiger partial charge >= 0.3 is 11.9 Å². The van der Waals surface area contributed by atoms with Gasteiger partial charge in [-0.2, -0.15) is 0 Å². The van der Waals surface area contributed by atoms with Crippen molar-refractivity contribution in [3.05, 3.63) is 34.9 Å². The van der Waals surface area contributed by atoms with Gasteiger partial charge in [-0.15, -0.1) is 0 Å². The average Bonchev–Trinajstić information content (AvgIpc) is 2.37. The van der Waals surface area contributed by atoms with E-state index in [9.17, 15) is 14.7 Å². The van der Waals surface area contributed by atoms with Crippen molar-refractivity contribution in [3.8, 4) is 0 Å². The Morgan fingerprint density at radius 1 is 1.38 bits per heavy atom. The maximum Gasteiger partial charge on any atom is 0.323 e. The van der Waals surface area contributed by atoms with E-state index in [0.717, 1.165) is 0 Å². The van der Waals surface area contributed by atoms with Gasteiger partial charge in [0.05, 0.1) is 6.61 Å². The Bertz CT molecular complexity index is 513. The van der Waals surface area contributed by atoms with Crippen LogP contribution in [-0.2, 0) is 20.7 Å². The first-order valence-corrected chi connectivity index (χ1v) is 7.34. The number of hydrogen-bond acceptors (Lipinski definition) is 3. The number of aliphatic carboxylic acids is 1. The summed E-state index contributed by atoms with van der Waals surface area (Å²) in [5, 5.41) is 10.2. The van der Waals surface area contributed by atoms with E-state index in [2.05, 4.69) is 0 Å². The molecule has 0 aliphatic carbocycles. The normalized spacial score (nSPS) is 13.8. The number of carbonyl (C=O) groups excluding carboxylic acids is 1. The van der Waals surface area contributed by atoms with Crippen LogP contribution in [0.15, 0.2) is 24.3 Å². The molecule has 1 unspecified atom stereocenters. The van der Waals surface area contributed by atoms with Crippen molar-refractivity contribution in [3.63, 3.8) is 0 Å². The van der Waals surface area contributed by atoms with Gasteiger partial charge in [-0.25, -0.2) is 0 Å². The van der Waals surface area contributed by atoms with Gasteiger partial charge in [-0.1, -0.05) is 37.6 Å². The van der Waals surface area contributed by atoms with Gasteiger partial charge in [0, 0.05) is 5.02 Å². The van der Waals surface area contributed by atoms with Gasteiger partial charge in [-0.3, -0.25) is 9.59 Å². The van der Waals surface area contributed by atoms with Gasteiger partial charge in [0.15, 0.2) is 5.41 Å². The molecule has 0 spiro atoms. The van der Waals surface area contributed by atoms with Crippen LogP contribution < -0.4 is 0 Å². The minimum Gasteiger partial charge on any atom is -0.480 e. The number of carboxylic acid groups (broad SMARTS) is 1. The van der Waals surface area contributed by atoms with Crippen LogP contribution in [0.1, 0.15) is 32.8 Å². The molecule has 0 saturated carbocycles. The monoisotopic (exact) mass is 312 g/mol. The van der Waals surface area contributed by atoms with Gasteiger partial charge in [0.2, 0.25) is 0 Å². The summed E-state index contributed by atoms with van der Waals surface area (Å²) in [6.07, 6.45) is 0.285. The molecular weight excluding hydrogens is 292 g/mol. The molecule has 21 heavy (non-hydrogen) atoms. The summed E-state index contributed by atoms with van der Waals surface area (Å²) < 4.78 is 5.02. The second-order valence-corrected chi connectivity index (χ2v) is 5.95.